The van der Waals surface area contributed by atoms with Gasteiger partial charge in [-0.3, -0.25) is 4.79 Å². The summed E-state index contributed by atoms with van der Waals surface area (Å²) in [5.41, 5.74) is 0.695. The lowest BCUT2D eigenvalue weighted by atomic mass is 10.2. The van der Waals surface area contributed by atoms with Gasteiger partial charge in [-0.2, -0.15) is 0 Å². The second-order valence-electron chi connectivity index (χ2n) is 1.81. The van der Waals surface area contributed by atoms with Gasteiger partial charge in [0.05, 0.1) is 0 Å². The summed E-state index contributed by atoms with van der Waals surface area (Å²) in [6.07, 6.45) is 9.93. The molecule has 0 rings (SSSR count). The van der Waals surface area contributed by atoms with Crippen molar-refractivity contribution in [2.45, 2.75) is 13.8 Å². The number of aldehydes is 1. The quantitative estimate of drug-likeness (QED) is 0.330. The molecule has 0 saturated carbocycles. The van der Waals surface area contributed by atoms with E-state index in [2.05, 4.69) is 0 Å². The Kier molecular flexibility index (Phi) is 5.35. The Balaban J connectivity index is 4.17. The lowest BCUT2D eigenvalue weighted by molar-refractivity contribution is -0.104. The minimum Gasteiger partial charge on any atom is -0.298 e. The van der Waals surface area contributed by atoms with Crippen molar-refractivity contribution >= 4 is 6.29 Å². The van der Waals surface area contributed by atoms with Crippen molar-refractivity contribution in [1.29, 1.82) is 0 Å². The first-order valence-electron chi connectivity index (χ1n) is 3.26. The molecule has 0 aliphatic rings. The highest BCUT2D eigenvalue weighted by Gasteiger charge is 1.81. The minimum atomic E-state index is 0.695. The lowest BCUT2D eigenvalue weighted by Gasteiger charge is -1.82. The molecule has 0 aromatic carbocycles. The molecule has 10 heavy (non-hydrogen) atoms. The molecule has 0 spiro atoms. The van der Waals surface area contributed by atoms with E-state index in [4.69, 9.17) is 0 Å². The SMILES string of the molecule is C\C=C/C=C(C=O)\C=C\C. The average Bonchev–Trinajstić information content (AvgIpc) is 1.98. The maximum absolute atomic E-state index is 10.2. The predicted molar refractivity (Wildman–Crippen MR) is 43.8 cm³/mol. The van der Waals surface area contributed by atoms with Crippen LogP contribution in [0.4, 0.5) is 0 Å². The van der Waals surface area contributed by atoms with E-state index in [9.17, 15) is 4.79 Å². The first-order valence-corrected chi connectivity index (χ1v) is 3.26. The zero-order valence-corrected chi connectivity index (χ0v) is 6.37. The number of carbonyl (C=O) groups excluding carboxylic acids is 1. The molecule has 0 heterocycles. The summed E-state index contributed by atoms with van der Waals surface area (Å²) in [5.74, 6) is 0. The zero-order chi connectivity index (χ0) is 7.82. The Labute approximate surface area is 61.8 Å². The van der Waals surface area contributed by atoms with E-state index in [1.165, 1.54) is 0 Å². The van der Waals surface area contributed by atoms with Crippen molar-refractivity contribution in [3.63, 3.8) is 0 Å². The molecule has 0 atom stereocenters. The minimum absolute atomic E-state index is 0.695. The first-order chi connectivity index (χ1) is 4.85. The van der Waals surface area contributed by atoms with Crippen LogP contribution in [0.3, 0.4) is 0 Å². The van der Waals surface area contributed by atoms with Gasteiger partial charge < -0.3 is 0 Å². The largest absolute Gasteiger partial charge is 0.298 e. The van der Waals surface area contributed by atoms with Gasteiger partial charge in [-0.1, -0.05) is 30.4 Å². The van der Waals surface area contributed by atoms with Crippen LogP contribution in [0.2, 0.25) is 0 Å². The van der Waals surface area contributed by atoms with Gasteiger partial charge in [0.1, 0.15) is 6.29 Å². The van der Waals surface area contributed by atoms with E-state index >= 15 is 0 Å². The van der Waals surface area contributed by atoms with Gasteiger partial charge in [0, 0.05) is 5.57 Å². The van der Waals surface area contributed by atoms with Crippen molar-refractivity contribution in [1.82, 2.24) is 0 Å². The number of hydrogen-bond donors (Lipinski definition) is 0. The Hall–Kier alpha value is -1.11. The van der Waals surface area contributed by atoms with E-state index in [1.807, 2.05) is 32.1 Å². The predicted octanol–water partition coefficient (Wildman–Crippen LogP) is 2.26. The Morgan fingerprint density at radius 2 is 1.90 bits per heavy atom. The molecule has 1 nitrogen and oxygen atoms in total. The molecule has 0 aromatic heterocycles. The molecule has 0 N–H and O–H groups in total. The van der Waals surface area contributed by atoms with Gasteiger partial charge in [0.15, 0.2) is 0 Å². The molecule has 0 aromatic rings. The maximum atomic E-state index is 10.2. The normalized spacial score (nSPS) is 13.2. The van der Waals surface area contributed by atoms with E-state index in [0.29, 0.717) is 5.57 Å². The van der Waals surface area contributed by atoms with Crippen LogP contribution in [0.1, 0.15) is 13.8 Å². The summed E-state index contributed by atoms with van der Waals surface area (Å²) in [4.78, 5) is 10.2. The van der Waals surface area contributed by atoms with E-state index in [1.54, 1.807) is 12.2 Å². The Bertz CT molecular complexity index is 173. The van der Waals surface area contributed by atoms with E-state index < -0.39 is 0 Å². The molecule has 1 heteroatoms. The summed E-state index contributed by atoms with van der Waals surface area (Å²) in [7, 11) is 0. The molecule has 0 aliphatic carbocycles. The van der Waals surface area contributed by atoms with Crippen molar-refractivity contribution in [2.24, 2.45) is 0 Å². The highest BCUT2D eigenvalue weighted by Crippen LogP contribution is 1.92. The van der Waals surface area contributed by atoms with Crippen molar-refractivity contribution in [3.05, 3.63) is 36.0 Å². The van der Waals surface area contributed by atoms with Crippen LogP contribution in [0.25, 0.3) is 0 Å². The summed E-state index contributed by atoms with van der Waals surface area (Å²) in [6, 6.07) is 0. The Morgan fingerprint density at radius 1 is 1.20 bits per heavy atom. The van der Waals surface area contributed by atoms with Gasteiger partial charge in [-0.05, 0) is 13.8 Å². The van der Waals surface area contributed by atoms with Crippen LogP contribution in [0, 0.1) is 0 Å². The Morgan fingerprint density at radius 3 is 2.30 bits per heavy atom. The molecule has 0 radical (unpaired) electrons. The molecule has 0 amide bonds. The highest BCUT2D eigenvalue weighted by atomic mass is 16.1. The van der Waals surface area contributed by atoms with Crippen LogP contribution in [-0.2, 0) is 4.79 Å². The van der Waals surface area contributed by atoms with Gasteiger partial charge >= 0.3 is 0 Å². The summed E-state index contributed by atoms with van der Waals surface area (Å²) in [6.45, 7) is 3.79. The van der Waals surface area contributed by atoms with Gasteiger partial charge in [-0.25, -0.2) is 0 Å². The van der Waals surface area contributed by atoms with Crippen LogP contribution >= 0.6 is 0 Å². The third-order valence-electron chi connectivity index (χ3n) is 0.976. The number of rotatable bonds is 3. The maximum Gasteiger partial charge on any atom is 0.150 e. The fraction of sp³-hybridized carbons (Fsp3) is 0.222. The van der Waals surface area contributed by atoms with Crippen molar-refractivity contribution < 1.29 is 4.79 Å². The average molecular weight is 136 g/mol. The van der Waals surface area contributed by atoms with Crippen molar-refractivity contribution in [3.8, 4) is 0 Å². The molecule has 0 saturated heterocycles. The number of allylic oxidation sites excluding steroid dienone is 6. The highest BCUT2D eigenvalue weighted by molar-refractivity contribution is 5.77. The fourth-order valence-corrected chi connectivity index (χ4v) is 0.534. The van der Waals surface area contributed by atoms with Crippen molar-refractivity contribution in [2.75, 3.05) is 0 Å². The number of carbonyl (C=O) groups is 1. The second kappa shape index (κ2) is 6.02. The van der Waals surface area contributed by atoms with Crippen LogP contribution in [0.15, 0.2) is 36.0 Å². The lowest BCUT2D eigenvalue weighted by Crippen LogP contribution is -1.75. The molecule has 0 fully saturated rings. The summed E-state index contributed by atoms with van der Waals surface area (Å²) >= 11 is 0. The van der Waals surface area contributed by atoms with Gasteiger partial charge in [0.25, 0.3) is 0 Å². The molecule has 0 unspecified atom stereocenters. The first kappa shape index (κ1) is 8.89. The molecular formula is C9H12O. The summed E-state index contributed by atoms with van der Waals surface area (Å²) < 4.78 is 0. The van der Waals surface area contributed by atoms with Crippen LogP contribution < -0.4 is 0 Å². The zero-order valence-electron chi connectivity index (χ0n) is 6.37. The van der Waals surface area contributed by atoms with Crippen LogP contribution in [0.5, 0.6) is 0 Å². The smallest absolute Gasteiger partial charge is 0.150 e. The fourth-order valence-electron chi connectivity index (χ4n) is 0.534. The second-order valence-corrected chi connectivity index (χ2v) is 1.81. The topological polar surface area (TPSA) is 17.1 Å². The van der Waals surface area contributed by atoms with Crippen LogP contribution in [-0.4, -0.2) is 6.29 Å². The number of hydrogen-bond acceptors (Lipinski definition) is 1. The molecular weight excluding hydrogens is 124 g/mol. The van der Waals surface area contributed by atoms with E-state index in [-0.39, 0.29) is 0 Å². The molecule has 0 aliphatic heterocycles. The molecule has 54 valence electrons. The third kappa shape index (κ3) is 3.84. The van der Waals surface area contributed by atoms with Gasteiger partial charge in [-0.15, -0.1) is 0 Å². The summed E-state index contributed by atoms with van der Waals surface area (Å²) in [5, 5.41) is 0. The van der Waals surface area contributed by atoms with Gasteiger partial charge in [0.2, 0.25) is 0 Å². The third-order valence-corrected chi connectivity index (χ3v) is 0.976. The monoisotopic (exact) mass is 136 g/mol. The molecule has 0 bridgehead atoms. The standard InChI is InChI=1S/C9H12O/c1-3-5-7-9(8-10)6-4-2/h3-8H,1-2H3/b5-3-,6-4+,9-7+. The van der Waals surface area contributed by atoms with E-state index in [0.717, 1.165) is 6.29 Å².